The van der Waals surface area contributed by atoms with Gasteiger partial charge in [0.25, 0.3) is 0 Å². The quantitative estimate of drug-likeness (QED) is 0.601. The number of hydrogen-bond acceptors (Lipinski definition) is 3. The summed E-state index contributed by atoms with van der Waals surface area (Å²) in [5.74, 6) is 1.41. The van der Waals surface area contributed by atoms with E-state index >= 15 is 0 Å². The van der Waals surface area contributed by atoms with Crippen LogP contribution in [0.5, 0.6) is 0 Å². The molecule has 0 rings (SSSR count). The van der Waals surface area contributed by atoms with Crippen LogP contribution in [0.4, 0.5) is 0 Å². The van der Waals surface area contributed by atoms with Crippen molar-refractivity contribution < 1.29 is 8.95 Å². The molecule has 0 aromatic rings. The van der Waals surface area contributed by atoms with Crippen LogP contribution in [0, 0.1) is 16.7 Å². The minimum Gasteiger partial charge on any atom is -0.385 e. The van der Waals surface area contributed by atoms with Crippen LogP contribution in [0.1, 0.15) is 33.1 Å². The second-order valence-corrected chi connectivity index (χ2v) is 5.99. The first-order valence-corrected chi connectivity index (χ1v) is 6.76. The zero-order chi connectivity index (χ0) is 11.7. The Morgan fingerprint density at radius 1 is 1.33 bits per heavy atom. The van der Waals surface area contributed by atoms with Crippen LogP contribution in [-0.4, -0.2) is 29.4 Å². The van der Waals surface area contributed by atoms with Crippen molar-refractivity contribution in [1.82, 2.24) is 0 Å². The Bertz CT molecular complexity index is 233. The Kier molecular flexibility index (Phi) is 7.63. The van der Waals surface area contributed by atoms with Crippen LogP contribution in [0.25, 0.3) is 0 Å². The lowest BCUT2D eigenvalue weighted by Crippen LogP contribution is -2.11. The van der Waals surface area contributed by atoms with E-state index in [0.717, 1.165) is 19.3 Å². The molecule has 0 N–H and O–H groups in total. The van der Waals surface area contributed by atoms with Crippen molar-refractivity contribution in [2.45, 2.75) is 33.1 Å². The normalized spacial score (nSPS) is 13.5. The van der Waals surface area contributed by atoms with Gasteiger partial charge < -0.3 is 4.74 Å². The predicted molar refractivity (Wildman–Crippen MR) is 63.0 cm³/mol. The van der Waals surface area contributed by atoms with Crippen molar-refractivity contribution in [3.63, 3.8) is 0 Å². The molecule has 0 radical (unpaired) electrons. The van der Waals surface area contributed by atoms with Crippen molar-refractivity contribution in [2.75, 3.05) is 25.2 Å². The van der Waals surface area contributed by atoms with E-state index in [4.69, 9.17) is 10.00 Å². The van der Waals surface area contributed by atoms with E-state index in [2.05, 4.69) is 6.07 Å². The number of nitrogens with zero attached hydrogens (tertiary/aromatic N) is 1. The molecule has 4 heteroatoms. The van der Waals surface area contributed by atoms with E-state index in [1.54, 1.807) is 7.11 Å². The van der Waals surface area contributed by atoms with Crippen molar-refractivity contribution in [3.8, 4) is 6.07 Å². The minimum absolute atomic E-state index is 0.281. The number of methoxy groups -OCH3 is 1. The lowest BCUT2D eigenvalue weighted by molar-refractivity contribution is 0.200. The van der Waals surface area contributed by atoms with E-state index in [1.165, 1.54) is 0 Å². The lowest BCUT2D eigenvalue weighted by Gasteiger charge is -2.13. The summed E-state index contributed by atoms with van der Waals surface area (Å²) in [6.45, 7) is 4.51. The molecular weight excluding hydrogens is 210 g/mol. The smallest absolute Gasteiger partial charge is 0.0683 e. The molecule has 1 unspecified atom stereocenters. The predicted octanol–water partition coefficient (Wildman–Crippen LogP) is 2.10. The third-order valence-electron chi connectivity index (χ3n) is 2.20. The van der Waals surface area contributed by atoms with Crippen LogP contribution >= 0.6 is 0 Å². The highest BCUT2D eigenvalue weighted by Crippen LogP contribution is 2.20. The fourth-order valence-electron chi connectivity index (χ4n) is 1.20. The van der Waals surface area contributed by atoms with Crippen LogP contribution in [-0.2, 0) is 15.5 Å². The molecule has 0 spiro atoms. The Morgan fingerprint density at radius 2 is 1.93 bits per heavy atom. The van der Waals surface area contributed by atoms with Gasteiger partial charge in [-0.3, -0.25) is 4.21 Å². The summed E-state index contributed by atoms with van der Waals surface area (Å²) in [6, 6.07) is 2.25. The van der Waals surface area contributed by atoms with E-state index in [1.807, 2.05) is 13.8 Å². The molecule has 0 aliphatic rings. The molecule has 0 saturated carbocycles. The van der Waals surface area contributed by atoms with Gasteiger partial charge in [-0.15, -0.1) is 0 Å². The third kappa shape index (κ3) is 8.59. The molecule has 0 heterocycles. The Balaban J connectivity index is 3.52. The van der Waals surface area contributed by atoms with Gasteiger partial charge in [0, 0.05) is 36.0 Å². The topological polar surface area (TPSA) is 50.1 Å². The van der Waals surface area contributed by atoms with Crippen molar-refractivity contribution in [2.24, 2.45) is 5.41 Å². The maximum absolute atomic E-state index is 11.5. The number of hydrogen-bond donors (Lipinski definition) is 0. The summed E-state index contributed by atoms with van der Waals surface area (Å²) in [5, 5.41) is 8.79. The second kappa shape index (κ2) is 7.84. The maximum atomic E-state index is 11.5. The van der Waals surface area contributed by atoms with Gasteiger partial charge in [0.05, 0.1) is 11.5 Å². The first kappa shape index (κ1) is 14.6. The Hall–Kier alpha value is -0.400. The summed E-state index contributed by atoms with van der Waals surface area (Å²) >= 11 is 0. The number of ether oxygens (including phenoxy) is 1. The molecular formula is C11H21NO2S. The Morgan fingerprint density at radius 3 is 2.47 bits per heavy atom. The highest BCUT2D eigenvalue weighted by Gasteiger charge is 2.16. The highest BCUT2D eigenvalue weighted by atomic mass is 32.2. The summed E-state index contributed by atoms with van der Waals surface area (Å²) in [6.07, 6.45) is 2.53. The van der Waals surface area contributed by atoms with Crippen molar-refractivity contribution in [1.29, 1.82) is 5.26 Å². The molecule has 15 heavy (non-hydrogen) atoms. The van der Waals surface area contributed by atoms with Crippen LogP contribution < -0.4 is 0 Å². The SMILES string of the molecule is COCCCS(=O)CCCC(C)(C)C#N. The molecule has 0 aliphatic carbocycles. The average molecular weight is 231 g/mol. The molecule has 3 nitrogen and oxygen atoms in total. The number of rotatable bonds is 8. The summed E-state index contributed by atoms with van der Waals surface area (Å²) in [4.78, 5) is 0. The van der Waals surface area contributed by atoms with Gasteiger partial charge in [0.15, 0.2) is 0 Å². The third-order valence-corrected chi connectivity index (χ3v) is 3.68. The van der Waals surface area contributed by atoms with Crippen molar-refractivity contribution in [3.05, 3.63) is 0 Å². The molecule has 0 aliphatic heterocycles. The Labute approximate surface area is 95.3 Å². The molecule has 88 valence electrons. The van der Waals surface area contributed by atoms with Crippen LogP contribution in [0.2, 0.25) is 0 Å². The largest absolute Gasteiger partial charge is 0.385 e. The zero-order valence-corrected chi connectivity index (χ0v) is 10.7. The maximum Gasteiger partial charge on any atom is 0.0683 e. The molecule has 0 fully saturated rings. The fourth-order valence-corrected chi connectivity index (χ4v) is 2.31. The van der Waals surface area contributed by atoms with E-state index in [9.17, 15) is 4.21 Å². The summed E-state index contributed by atoms with van der Waals surface area (Å²) in [7, 11) is 0.904. The first-order chi connectivity index (χ1) is 7.02. The van der Waals surface area contributed by atoms with Gasteiger partial charge in [-0.05, 0) is 33.1 Å². The van der Waals surface area contributed by atoms with Crippen molar-refractivity contribution >= 4 is 10.8 Å². The van der Waals surface area contributed by atoms with Gasteiger partial charge in [0.1, 0.15) is 0 Å². The molecule has 0 amide bonds. The monoisotopic (exact) mass is 231 g/mol. The summed E-state index contributed by atoms with van der Waals surface area (Å²) < 4.78 is 16.4. The average Bonchev–Trinajstić information content (AvgIpc) is 2.18. The minimum atomic E-state index is -0.748. The first-order valence-electron chi connectivity index (χ1n) is 5.27. The molecule has 0 bridgehead atoms. The van der Waals surface area contributed by atoms with E-state index in [0.29, 0.717) is 18.1 Å². The second-order valence-electron chi connectivity index (χ2n) is 4.29. The van der Waals surface area contributed by atoms with Crippen LogP contribution in [0.3, 0.4) is 0 Å². The molecule has 1 atom stereocenters. The van der Waals surface area contributed by atoms with Crippen LogP contribution in [0.15, 0.2) is 0 Å². The molecule has 0 aromatic heterocycles. The number of nitriles is 1. The van der Waals surface area contributed by atoms with E-state index in [-0.39, 0.29) is 5.41 Å². The van der Waals surface area contributed by atoms with E-state index < -0.39 is 10.8 Å². The summed E-state index contributed by atoms with van der Waals surface area (Å²) in [5.41, 5.74) is -0.281. The fraction of sp³-hybridized carbons (Fsp3) is 0.909. The lowest BCUT2D eigenvalue weighted by atomic mass is 9.90. The molecule has 0 saturated heterocycles. The standard InChI is InChI=1S/C11H21NO2S/c1-11(2,10-12)6-4-8-15(13)9-5-7-14-3/h4-9H2,1-3H3. The van der Waals surface area contributed by atoms with Gasteiger partial charge in [0.2, 0.25) is 0 Å². The molecule has 0 aromatic carbocycles. The van der Waals surface area contributed by atoms with Gasteiger partial charge >= 0.3 is 0 Å². The zero-order valence-electron chi connectivity index (χ0n) is 9.91. The highest BCUT2D eigenvalue weighted by molar-refractivity contribution is 7.84. The van der Waals surface area contributed by atoms with Gasteiger partial charge in [-0.2, -0.15) is 5.26 Å². The van der Waals surface area contributed by atoms with Gasteiger partial charge in [-0.1, -0.05) is 0 Å². The van der Waals surface area contributed by atoms with Gasteiger partial charge in [-0.25, -0.2) is 0 Å².